The Morgan fingerprint density at radius 2 is 2.04 bits per heavy atom. The second-order valence-electron chi connectivity index (χ2n) is 11.2. The molecule has 2 aliphatic rings. The van der Waals surface area contributed by atoms with Crippen LogP contribution in [0.4, 0.5) is 37.2 Å². The highest BCUT2D eigenvalue weighted by molar-refractivity contribution is 7.23. The lowest BCUT2D eigenvalue weighted by Crippen LogP contribution is -2.22. The van der Waals surface area contributed by atoms with E-state index in [2.05, 4.69) is 19.9 Å². The van der Waals surface area contributed by atoms with Gasteiger partial charge in [-0.05, 0) is 43.5 Å². The Morgan fingerprint density at radius 3 is 2.70 bits per heavy atom. The largest absolute Gasteiger partial charge is 0.467 e. The average molecular weight is 676 g/mol. The van der Waals surface area contributed by atoms with E-state index in [4.69, 9.17) is 14.9 Å². The van der Waals surface area contributed by atoms with Gasteiger partial charge in [0.05, 0.1) is 35.7 Å². The van der Waals surface area contributed by atoms with Gasteiger partial charge in [0, 0.05) is 36.0 Å². The molecule has 2 N–H and O–H groups in total. The van der Waals surface area contributed by atoms with Crippen molar-refractivity contribution >= 4 is 43.1 Å². The van der Waals surface area contributed by atoms with Crippen molar-refractivity contribution in [1.29, 1.82) is 5.26 Å². The number of hydrogen-bond acceptors (Lipinski definition) is 10. The smallest absolute Gasteiger partial charge is 0.417 e. The Bertz CT molecular complexity index is 1980. The molecule has 2 atom stereocenters. The Morgan fingerprint density at radius 1 is 1.26 bits per heavy atom. The molecule has 2 fully saturated rings. The number of anilines is 2. The summed E-state index contributed by atoms with van der Waals surface area (Å²) in [6, 6.07) is 4.69. The molecule has 2 saturated heterocycles. The number of fused-ring (bicyclic) bond motifs is 3. The van der Waals surface area contributed by atoms with E-state index in [1.165, 1.54) is 44.5 Å². The fraction of sp³-hybridized carbons (Fsp3) is 0.355. The summed E-state index contributed by atoms with van der Waals surface area (Å²) >= 11 is 0.686. The SMILES string of the molecule is COc1nc(N(C)Cc2cnco2)c2cc(C(F)(F)F)c(-c3ccc(F)c4sc(N)c(C#N)c34)c(F)c2n1.FC1CC2CCCN2C1. The van der Waals surface area contributed by atoms with Crippen molar-refractivity contribution in [2.24, 2.45) is 0 Å². The maximum absolute atomic E-state index is 16.3. The van der Waals surface area contributed by atoms with Crippen LogP contribution < -0.4 is 15.4 Å². The molecular formula is C31H27F6N7O2S. The third-order valence-electron chi connectivity index (χ3n) is 8.28. The molecule has 16 heteroatoms. The molecular weight excluding hydrogens is 648 g/mol. The van der Waals surface area contributed by atoms with Crippen molar-refractivity contribution in [3.63, 3.8) is 0 Å². The first-order chi connectivity index (χ1) is 22.4. The van der Waals surface area contributed by atoms with Crippen LogP contribution in [-0.2, 0) is 12.7 Å². The summed E-state index contributed by atoms with van der Waals surface area (Å²) < 4.78 is 96.9. The number of halogens is 6. The van der Waals surface area contributed by atoms with E-state index in [1.54, 1.807) is 6.07 Å². The Kier molecular flexibility index (Phi) is 8.62. The van der Waals surface area contributed by atoms with Crippen molar-refractivity contribution in [3.8, 4) is 23.2 Å². The van der Waals surface area contributed by atoms with Gasteiger partial charge in [-0.1, -0.05) is 6.07 Å². The second kappa shape index (κ2) is 12.5. The summed E-state index contributed by atoms with van der Waals surface area (Å²) in [5.41, 5.74) is 2.48. The van der Waals surface area contributed by atoms with E-state index in [0.717, 1.165) is 31.2 Å². The van der Waals surface area contributed by atoms with Crippen LogP contribution in [-0.4, -0.2) is 59.3 Å². The number of benzene rings is 2. The van der Waals surface area contributed by atoms with Crippen molar-refractivity contribution in [3.05, 3.63) is 59.3 Å². The van der Waals surface area contributed by atoms with Crippen LogP contribution in [0.5, 0.6) is 6.01 Å². The molecule has 246 valence electrons. The summed E-state index contributed by atoms with van der Waals surface area (Å²) in [5.74, 6) is -1.86. The Hall–Kier alpha value is -4.62. The lowest BCUT2D eigenvalue weighted by molar-refractivity contribution is -0.137. The number of aromatic nitrogens is 3. The lowest BCUT2D eigenvalue weighted by Gasteiger charge is -2.22. The molecule has 2 unspecified atom stereocenters. The highest BCUT2D eigenvalue weighted by atomic mass is 32.1. The number of nitrogen functional groups attached to an aromatic ring is 1. The zero-order chi connectivity index (χ0) is 33.6. The van der Waals surface area contributed by atoms with Gasteiger partial charge in [-0.25, -0.2) is 18.2 Å². The van der Waals surface area contributed by atoms with Gasteiger partial charge in [-0.15, -0.1) is 11.3 Å². The molecule has 2 aromatic carbocycles. The van der Waals surface area contributed by atoms with Crippen molar-refractivity contribution in [2.75, 3.05) is 37.9 Å². The van der Waals surface area contributed by atoms with Crippen molar-refractivity contribution in [2.45, 2.75) is 44.2 Å². The summed E-state index contributed by atoms with van der Waals surface area (Å²) in [6.07, 6.45) is 0.356. The van der Waals surface area contributed by atoms with Crippen LogP contribution in [0, 0.1) is 23.0 Å². The summed E-state index contributed by atoms with van der Waals surface area (Å²) in [6.45, 7) is 1.90. The molecule has 0 saturated carbocycles. The number of nitrogens with two attached hydrogens (primary N) is 1. The van der Waals surface area contributed by atoms with Gasteiger partial charge in [0.2, 0.25) is 0 Å². The van der Waals surface area contributed by atoms with Gasteiger partial charge >= 0.3 is 12.2 Å². The predicted molar refractivity (Wildman–Crippen MR) is 164 cm³/mol. The number of methoxy groups -OCH3 is 1. The van der Waals surface area contributed by atoms with Gasteiger partial charge in [0.25, 0.3) is 0 Å². The molecule has 7 rings (SSSR count). The first kappa shape index (κ1) is 32.3. The van der Waals surface area contributed by atoms with E-state index >= 15 is 4.39 Å². The Balaban J connectivity index is 0.000000366. The van der Waals surface area contributed by atoms with E-state index in [-0.39, 0.29) is 50.0 Å². The minimum absolute atomic E-state index is 0.0400. The number of oxazole rings is 1. The monoisotopic (exact) mass is 675 g/mol. The zero-order valence-corrected chi connectivity index (χ0v) is 25.9. The van der Waals surface area contributed by atoms with E-state index in [0.29, 0.717) is 29.7 Å². The van der Waals surface area contributed by atoms with Crippen LogP contribution in [0.2, 0.25) is 0 Å². The Labute approximate surface area is 268 Å². The first-order valence-corrected chi connectivity index (χ1v) is 15.3. The molecule has 5 heterocycles. The summed E-state index contributed by atoms with van der Waals surface area (Å²) in [4.78, 5) is 15.6. The summed E-state index contributed by atoms with van der Waals surface area (Å²) in [7, 11) is 2.74. The highest BCUT2D eigenvalue weighted by Crippen LogP contribution is 2.48. The number of nitriles is 1. The van der Waals surface area contributed by atoms with Gasteiger partial charge in [0.1, 0.15) is 40.2 Å². The van der Waals surface area contributed by atoms with Crippen molar-refractivity contribution < 1.29 is 35.5 Å². The minimum atomic E-state index is -5.06. The quantitative estimate of drug-likeness (QED) is 0.195. The average Bonchev–Trinajstić information content (AvgIpc) is 3.82. The molecule has 2 aliphatic heterocycles. The lowest BCUT2D eigenvalue weighted by atomic mass is 9.92. The van der Waals surface area contributed by atoms with Gasteiger partial charge in [-0.2, -0.15) is 28.4 Å². The van der Waals surface area contributed by atoms with E-state index in [9.17, 15) is 27.2 Å². The van der Waals surface area contributed by atoms with Gasteiger partial charge < -0.3 is 19.8 Å². The fourth-order valence-corrected chi connectivity index (χ4v) is 7.17. The van der Waals surface area contributed by atoms with Gasteiger partial charge in [-0.3, -0.25) is 4.90 Å². The topological polar surface area (TPSA) is 117 Å². The molecule has 9 nitrogen and oxygen atoms in total. The van der Waals surface area contributed by atoms with Crippen LogP contribution in [0.25, 0.3) is 32.1 Å². The molecule has 0 aliphatic carbocycles. The predicted octanol–water partition coefficient (Wildman–Crippen LogP) is 7.09. The number of thiophene rings is 1. The maximum atomic E-state index is 16.3. The maximum Gasteiger partial charge on any atom is 0.417 e. The number of rotatable bonds is 5. The number of alkyl halides is 4. The van der Waals surface area contributed by atoms with E-state index in [1.807, 2.05) is 0 Å². The van der Waals surface area contributed by atoms with Crippen LogP contribution in [0.15, 0.2) is 35.2 Å². The van der Waals surface area contributed by atoms with Crippen molar-refractivity contribution in [1.82, 2.24) is 19.9 Å². The zero-order valence-electron chi connectivity index (χ0n) is 25.0. The molecule has 0 bridgehead atoms. The standard InChI is InChI=1S/C24H15F5N6O2S.C7H12FN/c1-35(8-10-7-32-9-37-10)22-12-5-14(24(27,28)29)17(18(26)19(12)33-23(34-22)36-2)11-3-4-15(25)20-16(11)13(6-30)21(31)38-20;8-6-4-7-2-1-3-9(7)5-6/h3-5,7,9H,8,31H2,1-2H3;6-7H,1-5H2. The third-order valence-corrected chi connectivity index (χ3v) is 9.30. The van der Waals surface area contributed by atoms with Crippen LogP contribution in [0.1, 0.15) is 36.1 Å². The number of nitrogens with zero attached hydrogens (tertiary/aromatic N) is 6. The molecule has 0 amide bonds. The normalized spacial score (nSPS) is 17.9. The number of hydrogen-bond donors (Lipinski definition) is 1. The molecule has 5 aromatic rings. The summed E-state index contributed by atoms with van der Waals surface area (Å²) in [5, 5.41) is 9.01. The van der Waals surface area contributed by atoms with Crippen LogP contribution in [0.3, 0.4) is 0 Å². The fourth-order valence-electron chi connectivity index (χ4n) is 6.22. The minimum Gasteiger partial charge on any atom is -0.467 e. The molecule has 0 spiro atoms. The molecule has 3 aromatic heterocycles. The van der Waals surface area contributed by atoms with Crippen LogP contribution >= 0.6 is 11.3 Å². The highest BCUT2D eigenvalue weighted by Gasteiger charge is 2.38. The number of ether oxygens (including phenoxy) is 1. The first-order valence-electron chi connectivity index (χ1n) is 14.4. The molecule has 0 radical (unpaired) electrons. The third kappa shape index (κ3) is 6.00. The van der Waals surface area contributed by atoms with E-state index < -0.39 is 40.6 Å². The molecule has 47 heavy (non-hydrogen) atoms. The van der Waals surface area contributed by atoms with Gasteiger partial charge in [0.15, 0.2) is 12.2 Å². The second-order valence-corrected chi connectivity index (χ2v) is 12.3.